The van der Waals surface area contributed by atoms with Gasteiger partial charge in [0.15, 0.2) is 0 Å². The molecule has 0 spiro atoms. The van der Waals surface area contributed by atoms with E-state index in [4.69, 9.17) is 18.0 Å². The Morgan fingerprint density at radius 1 is 1.38 bits per heavy atom. The number of carbonyl (C=O) groups excluding carboxylic acids is 1. The van der Waals surface area contributed by atoms with Crippen LogP contribution in [0.5, 0.6) is 5.75 Å². The van der Waals surface area contributed by atoms with Gasteiger partial charge in [-0.05, 0) is 31.2 Å². The summed E-state index contributed by atoms with van der Waals surface area (Å²) < 4.78 is 0. The van der Waals surface area contributed by atoms with Crippen LogP contribution in [0.2, 0.25) is 0 Å². The van der Waals surface area contributed by atoms with E-state index >= 15 is 0 Å². The highest BCUT2D eigenvalue weighted by Crippen LogP contribution is 2.21. The Hall–Kier alpha value is -2.47. The van der Waals surface area contributed by atoms with Crippen LogP contribution >= 0.6 is 12.2 Å². The Balaban J connectivity index is 2.30. The maximum atomic E-state index is 12.5. The zero-order valence-corrected chi connectivity index (χ0v) is 12.3. The van der Waals surface area contributed by atoms with Crippen LogP contribution < -0.4 is 10.6 Å². The lowest BCUT2D eigenvalue weighted by Crippen LogP contribution is -2.31. The number of phenolic OH excluding ortho intramolecular Hbond substituents is 1. The van der Waals surface area contributed by atoms with Crippen molar-refractivity contribution in [3.63, 3.8) is 0 Å². The number of aromatic hydroxyl groups is 1. The van der Waals surface area contributed by atoms with E-state index in [1.54, 1.807) is 30.3 Å². The summed E-state index contributed by atoms with van der Waals surface area (Å²) in [6, 6.07) is 9.78. The number of thiocarbonyl (C=S) groups is 1. The average molecular weight is 301 g/mol. The number of anilines is 1. The van der Waals surface area contributed by atoms with Gasteiger partial charge in [0.25, 0.3) is 5.91 Å². The molecular formula is C15H15N3O2S. The lowest BCUT2D eigenvalue weighted by Gasteiger charge is -2.20. The normalized spacial score (nSPS) is 10.1. The van der Waals surface area contributed by atoms with Crippen LogP contribution in [0, 0.1) is 0 Å². The van der Waals surface area contributed by atoms with Gasteiger partial charge in [0.05, 0.1) is 0 Å². The van der Waals surface area contributed by atoms with Crippen LogP contribution in [-0.4, -0.2) is 27.5 Å². The predicted octanol–water partition coefficient (Wildman–Crippen LogP) is 2.09. The van der Waals surface area contributed by atoms with Gasteiger partial charge in [0.2, 0.25) is 0 Å². The van der Waals surface area contributed by atoms with Crippen molar-refractivity contribution in [1.82, 2.24) is 4.98 Å². The SMILES string of the molecule is CCN(C(=O)c1ccc(C(N)=S)cn1)c1cccc(O)c1. The van der Waals surface area contributed by atoms with E-state index in [0.29, 0.717) is 23.5 Å². The van der Waals surface area contributed by atoms with Gasteiger partial charge in [-0.1, -0.05) is 18.3 Å². The molecule has 1 amide bonds. The fourth-order valence-electron chi connectivity index (χ4n) is 1.91. The van der Waals surface area contributed by atoms with Gasteiger partial charge in [-0.15, -0.1) is 0 Å². The molecule has 1 heterocycles. The van der Waals surface area contributed by atoms with Gasteiger partial charge in [0, 0.05) is 30.1 Å². The molecule has 0 bridgehead atoms. The zero-order chi connectivity index (χ0) is 15.4. The Kier molecular flexibility index (Phi) is 4.49. The number of aromatic nitrogens is 1. The number of amides is 1. The van der Waals surface area contributed by atoms with E-state index in [0.717, 1.165) is 0 Å². The lowest BCUT2D eigenvalue weighted by atomic mass is 10.2. The van der Waals surface area contributed by atoms with E-state index < -0.39 is 0 Å². The molecule has 21 heavy (non-hydrogen) atoms. The largest absolute Gasteiger partial charge is 0.508 e. The Morgan fingerprint density at radius 2 is 2.14 bits per heavy atom. The first-order chi connectivity index (χ1) is 10.0. The number of nitrogens with two attached hydrogens (primary N) is 1. The van der Waals surface area contributed by atoms with Crippen molar-refractivity contribution < 1.29 is 9.90 Å². The van der Waals surface area contributed by atoms with Gasteiger partial charge in [-0.3, -0.25) is 9.78 Å². The fourth-order valence-corrected chi connectivity index (χ4v) is 2.03. The van der Waals surface area contributed by atoms with Gasteiger partial charge >= 0.3 is 0 Å². The monoisotopic (exact) mass is 301 g/mol. The number of benzene rings is 1. The predicted molar refractivity (Wildman–Crippen MR) is 85.6 cm³/mol. The second-order valence-corrected chi connectivity index (χ2v) is 4.81. The first kappa shape index (κ1) is 14.9. The molecule has 0 unspecified atom stereocenters. The molecule has 1 aromatic carbocycles. The maximum Gasteiger partial charge on any atom is 0.276 e. The number of rotatable bonds is 4. The fraction of sp³-hybridized carbons (Fsp3) is 0.133. The molecule has 5 nitrogen and oxygen atoms in total. The van der Waals surface area contributed by atoms with Gasteiger partial charge < -0.3 is 15.7 Å². The standard InChI is InChI=1S/C15H15N3O2S/c1-2-18(11-4-3-5-12(19)8-11)15(20)13-7-6-10(9-17-13)14(16)21/h3-9,19H,2H2,1H3,(H2,16,21). The average Bonchev–Trinajstić information content (AvgIpc) is 2.48. The summed E-state index contributed by atoms with van der Waals surface area (Å²) in [5.41, 5.74) is 7.02. The Morgan fingerprint density at radius 3 is 2.67 bits per heavy atom. The molecule has 3 N–H and O–H groups in total. The Labute approximate surface area is 128 Å². The number of hydrogen-bond donors (Lipinski definition) is 2. The zero-order valence-electron chi connectivity index (χ0n) is 11.5. The first-order valence-electron chi connectivity index (χ1n) is 6.39. The molecule has 0 saturated heterocycles. The van der Waals surface area contributed by atoms with E-state index in [-0.39, 0.29) is 16.6 Å². The van der Waals surface area contributed by atoms with Crippen LogP contribution in [0.1, 0.15) is 23.0 Å². The molecule has 0 atom stereocenters. The molecule has 0 aliphatic carbocycles. The second kappa shape index (κ2) is 6.32. The maximum absolute atomic E-state index is 12.5. The van der Waals surface area contributed by atoms with E-state index in [2.05, 4.69) is 4.98 Å². The molecule has 0 aliphatic rings. The van der Waals surface area contributed by atoms with Gasteiger partial charge in [-0.2, -0.15) is 0 Å². The van der Waals surface area contributed by atoms with Crippen molar-refractivity contribution in [2.24, 2.45) is 5.73 Å². The van der Waals surface area contributed by atoms with Crippen molar-refractivity contribution in [2.75, 3.05) is 11.4 Å². The van der Waals surface area contributed by atoms with Crippen LogP contribution in [0.4, 0.5) is 5.69 Å². The Bertz CT molecular complexity index is 671. The molecule has 1 aromatic heterocycles. The lowest BCUT2D eigenvalue weighted by molar-refractivity contribution is 0.0983. The third-order valence-corrected chi connectivity index (χ3v) is 3.21. The summed E-state index contributed by atoms with van der Waals surface area (Å²) in [6.07, 6.45) is 1.48. The topological polar surface area (TPSA) is 79.5 Å². The summed E-state index contributed by atoms with van der Waals surface area (Å²) >= 11 is 4.85. The minimum Gasteiger partial charge on any atom is -0.508 e. The highest BCUT2D eigenvalue weighted by Gasteiger charge is 2.17. The minimum absolute atomic E-state index is 0.107. The molecule has 0 saturated carbocycles. The molecule has 6 heteroatoms. The second-order valence-electron chi connectivity index (χ2n) is 4.37. The van der Waals surface area contributed by atoms with Crippen molar-refractivity contribution in [1.29, 1.82) is 0 Å². The van der Waals surface area contributed by atoms with Crippen LogP contribution in [-0.2, 0) is 0 Å². The summed E-state index contributed by atoms with van der Waals surface area (Å²) in [6.45, 7) is 2.31. The molecule has 0 aliphatic heterocycles. The molecule has 108 valence electrons. The van der Waals surface area contributed by atoms with Crippen LogP contribution in [0.25, 0.3) is 0 Å². The molecule has 2 rings (SSSR count). The van der Waals surface area contributed by atoms with Gasteiger partial charge in [0.1, 0.15) is 16.4 Å². The van der Waals surface area contributed by atoms with Gasteiger partial charge in [-0.25, -0.2) is 0 Å². The quantitative estimate of drug-likeness (QED) is 0.845. The van der Waals surface area contributed by atoms with Crippen molar-refractivity contribution in [3.05, 3.63) is 53.9 Å². The molecule has 2 aromatic rings. The van der Waals surface area contributed by atoms with Crippen LogP contribution in [0.15, 0.2) is 42.6 Å². The van der Waals surface area contributed by atoms with E-state index in [1.807, 2.05) is 6.92 Å². The number of carbonyl (C=O) groups is 1. The number of hydrogen-bond acceptors (Lipinski definition) is 4. The van der Waals surface area contributed by atoms with Crippen molar-refractivity contribution in [3.8, 4) is 5.75 Å². The highest BCUT2D eigenvalue weighted by atomic mass is 32.1. The summed E-state index contributed by atoms with van der Waals surface area (Å²) in [5, 5.41) is 9.53. The van der Waals surface area contributed by atoms with E-state index in [9.17, 15) is 9.90 Å². The minimum atomic E-state index is -0.252. The number of nitrogens with zero attached hydrogens (tertiary/aromatic N) is 2. The summed E-state index contributed by atoms with van der Waals surface area (Å²) in [7, 11) is 0. The summed E-state index contributed by atoms with van der Waals surface area (Å²) in [5.74, 6) is -0.145. The summed E-state index contributed by atoms with van der Waals surface area (Å²) in [4.78, 5) is 18.3. The van der Waals surface area contributed by atoms with Crippen LogP contribution in [0.3, 0.4) is 0 Å². The first-order valence-corrected chi connectivity index (χ1v) is 6.80. The number of pyridine rings is 1. The molecule has 0 radical (unpaired) electrons. The van der Waals surface area contributed by atoms with E-state index in [1.165, 1.54) is 17.2 Å². The third-order valence-electron chi connectivity index (χ3n) is 2.97. The third kappa shape index (κ3) is 3.35. The molecular weight excluding hydrogens is 286 g/mol. The van der Waals surface area contributed by atoms with Crippen molar-refractivity contribution >= 4 is 28.8 Å². The highest BCUT2D eigenvalue weighted by molar-refractivity contribution is 7.80. The number of phenols is 1. The van der Waals surface area contributed by atoms with Crippen molar-refractivity contribution in [2.45, 2.75) is 6.92 Å². The molecule has 0 fully saturated rings. The smallest absolute Gasteiger partial charge is 0.276 e.